The molecule has 3 unspecified atom stereocenters. The van der Waals surface area contributed by atoms with Crippen molar-refractivity contribution in [1.29, 1.82) is 0 Å². The van der Waals surface area contributed by atoms with E-state index in [0.717, 1.165) is 29.4 Å². The second-order valence-corrected chi connectivity index (χ2v) is 6.52. The van der Waals surface area contributed by atoms with Crippen molar-refractivity contribution >= 4 is 22.6 Å². The molecule has 0 saturated heterocycles. The van der Waals surface area contributed by atoms with Gasteiger partial charge in [0.05, 0.1) is 12.6 Å². The van der Waals surface area contributed by atoms with Gasteiger partial charge in [0.25, 0.3) is 0 Å². The number of hydrogen-bond donors (Lipinski definition) is 0. The number of benzene rings is 1. The molecule has 0 radical (unpaired) electrons. The Kier molecular flexibility index (Phi) is 4.12. The predicted molar refractivity (Wildman–Crippen MR) is 87.3 cm³/mol. The molecule has 1 aromatic carbocycles. The summed E-state index contributed by atoms with van der Waals surface area (Å²) in [7, 11) is 1.70. The van der Waals surface area contributed by atoms with Gasteiger partial charge in [-0.1, -0.05) is 19.9 Å². The summed E-state index contributed by atoms with van der Waals surface area (Å²) in [6.45, 7) is 4.71. The van der Waals surface area contributed by atoms with E-state index in [0.29, 0.717) is 17.8 Å². The normalized spacial score (nSPS) is 25.6. The fraction of sp³-hybridized carbons (Fsp3) is 0.588. The molecule has 0 aliphatic heterocycles. The molecule has 114 valence electrons. The summed E-state index contributed by atoms with van der Waals surface area (Å²) in [5, 5.41) is 0. The number of alkyl halides is 1. The van der Waals surface area contributed by atoms with Crippen molar-refractivity contribution in [3.63, 3.8) is 0 Å². The summed E-state index contributed by atoms with van der Waals surface area (Å²) >= 11 is 6.00. The molecule has 1 aliphatic carbocycles. The highest BCUT2D eigenvalue weighted by atomic mass is 35.5. The first-order valence-electron chi connectivity index (χ1n) is 7.77. The van der Waals surface area contributed by atoms with Crippen molar-refractivity contribution in [3.05, 3.63) is 24.0 Å². The van der Waals surface area contributed by atoms with Crippen LogP contribution >= 0.6 is 11.6 Å². The highest BCUT2D eigenvalue weighted by Crippen LogP contribution is 2.42. The molecule has 3 nitrogen and oxygen atoms in total. The Morgan fingerprint density at radius 3 is 2.76 bits per heavy atom. The maximum absolute atomic E-state index is 6.00. The van der Waals surface area contributed by atoms with E-state index in [1.54, 1.807) is 7.11 Å². The first kappa shape index (κ1) is 14.7. The summed E-state index contributed by atoms with van der Waals surface area (Å²) in [6.07, 6.45) is 3.31. The molecule has 0 N–H and O–H groups in total. The zero-order valence-electron chi connectivity index (χ0n) is 13.0. The van der Waals surface area contributed by atoms with Gasteiger partial charge in [-0.05, 0) is 36.8 Å². The lowest BCUT2D eigenvalue weighted by atomic mass is 9.97. The summed E-state index contributed by atoms with van der Waals surface area (Å²) < 4.78 is 7.90. The molecular formula is C17H23ClN2O. The van der Waals surface area contributed by atoms with E-state index in [9.17, 15) is 0 Å². The Morgan fingerprint density at radius 2 is 2.14 bits per heavy atom. The summed E-state index contributed by atoms with van der Waals surface area (Å²) in [5.41, 5.74) is 2.15. The van der Waals surface area contributed by atoms with E-state index in [4.69, 9.17) is 21.3 Å². The maximum Gasteiger partial charge on any atom is 0.146 e. The van der Waals surface area contributed by atoms with Gasteiger partial charge in [0.15, 0.2) is 0 Å². The first-order chi connectivity index (χ1) is 10.2. The maximum atomic E-state index is 6.00. The Bertz CT molecular complexity index is 637. The number of aromatic nitrogens is 2. The van der Waals surface area contributed by atoms with Crippen molar-refractivity contribution in [1.82, 2.24) is 9.55 Å². The fourth-order valence-electron chi connectivity index (χ4n) is 3.64. The smallest absolute Gasteiger partial charge is 0.146 e. The van der Waals surface area contributed by atoms with Crippen LogP contribution in [-0.4, -0.2) is 22.5 Å². The molecule has 1 saturated carbocycles. The third-order valence-electron chi connectivity index (χ3n) is 5.05. The summed E-state index contributed by atoms with van der Waals surface area (Å²) in [5.74, 6) is 3.98. The molecule has 2 aromatic rings. The van der Waals surface area contributed by atoms with Crippen LogP contribution in [0, 0.1) is 11.8 Å². The fourth-order valence-corrected chi connectivity index (χ4v) is 3.81. The summed E-state index contributed by atoms with van der Waals surface area (Å²) in [6, 6.07) is 6.70. The van der Waals surface area contributed by atoms with Gasteiger partial charge in [0.1, 0.15) is 17.1 Å². The lowest BCUT2D eigenvalue weighted by Crippen LogP contribution is -2.17. The average Bonchev–Trinajstić information content (AvgIpc) is 3.00. The third-order valence-corrected chi connectivity index (χ3v) is 5.24. The van der Waals surface area contributed by atoms with Crippen LogP contribution in [0.3, 0.4) is 0 Å². The molecule has 4 heteroatoms. The molecule has 0 spiro atoms. The van der Waals surface area contributed by atoms with E-state index in [1.165, 1.54) is 18.4 Å². The largest absolute Gasteiger partial charge is 0.494 e. The van der Waals surface area contributed by atoms with Gasteiger partial charge in [-0.2, -0.15) is 0 Å². The molecule has 1 aromatic heterocycles. The van der Waals surface area contributed by atoms with Crippen LogP contribution in [-0.2, 0) is 6.42 Å². The van der Waals surface area contributed by atoms with Crippen LogP contribution in [0.25, 0.3) is 11.0 Å². The first-order valence-corrected chi connectivity index (χ1v) is 8.30. The predicted octanol–water partition coefficient (Wildman–Crippen LogP) is 4.43. The van der Waals surface area contributed by atoms with E-state index < -0.39 is 0 Å². The van der Waals surface area contributed by atoms with Crippen molar-refractivity contribution < 1.29 is 4.74 Å². The molecular weight excluding hydrogens is 284 g/mol. The van der Waals surface area contributed by atoms with E-state index in [1.807, 2.05) is 12.1 Å². The minimum absolute atomic E-state index is 0.523. The summed E-state index contributed by atoms with van der Waals surface area (Å²) in [4.78, 5) is 4.83. The lowest BCUT2D eigenvalue weighted by molar-refractivity contribution is 0.352. The molecule has 0 bridgehead atoms. The monoisotopic (exact) mass is 306 g/mol. The van der Waals surface area contributed by atoms with Gasteiger partial charge in [-0.25, -0.2) is 4.98 Å². The number of para-hydroxylation sites is 1. The van der Waals surface area contributed by atoms with Gasteiger partial charge < -0.3 is 9.30 Å². The van der Waals surface area contributed by atoms with Crippen LogP contribution < -0.4 is 4.74 Å². The molecule has 3 atom stereocenters. The third kappa shape index (κ3) is 2.42. The van der Waals surface area contributed by atoms with Crippen LogP contribution in [0.1, 0.15) is 38.6 Å². The number of imidazole rings is 1. The number of fused-ring (bicyclic) bond motifs is 1. The average molecular weight is 307 g/mol. The molecule has 21 heavy (non-hydrogen) atoms. The standard InChI is InChI=1S/C17H23ClN2O/c1-11-7-8-13(12(11)2)20-14-5-4-6-15(21-3)17(14)19-16(20)9-10-18/h4-6,11-13H,7-10H2,1-3H3. The van der Waals surface area contributed by atoms with Crippen molar-refractivity contribution in [3.8, 4) is 5.75 Å². The Morgan fingerprint density at radius 1 is 1.33 bits per heavy atom. The number of aryl methyl sites for hydroxylation is 1. The van der Waals surface area contributed by atoms with Crippen LogP contribution in [0.15, 0.2) is 18.2 Å². The molecule has 1 fully saturated rings. The topological polar surface area (TPSA) is 27.1 Å². The minimum Gasteiger partial charge on any atom is -0.494 e. The van der Waals surface area contributed by atoms with E-state index >= 15 is 0 Å². The Hall–Kier alpha value is -1.22. The zero-order chi connectivity index (χ0) is 15.0. The van der Waals surface area contributed by atoms with Gasteiger partial charge in [-0.3, -0.25) is 0 Å². The number of halogens is 1. The zero-order valence-corrected chi connectivity index (χ0v) is 13.7. The minimum atomic E-state index is 0.523. The van der Waals surface area contributed by atoms with E-state index in [2.05, 4.69) is 24.5 Å². The second kappa shape index (κ2) is 5.88. The Labute approximate surface area is 131 Å². The molecule has 1 aliphatic rings. The highest BCUT2D eigenvalue weighted by Gasteiger charge is 2.33. The Balaban J connectivity index is 2.17. The van der Waals surface area contributed by atoms with Crippen LogP contribution in [0.5, 0.6) is 5.75 Å². The van der Waals surface area contributed by atoms with Gasteiger partial charge in [0.2, 0.25) is 0 Å². The number of nitrogens with zero attached hydrogens (tertiary/aromatic N) is 2. The number of methoxy groups -OCH3 is 1. The van der Waals surface area contributed by atoms with Crippen LogP contribution in [0.4, 0.5) is 0 Å². The van der Waals surface area contributed by atoms with Gasteiger partial charge >= 0.3 is 0 Å². The molecule has 0 amide bonds. The van der Waals surface area contributed by atoms with Crippen LogP contribution in [0.2, 0.25) is 0 Å². The number of ether oxygens (including phenoxy) is 1. The van der Waals surface area contributed by atoms with Gasteiger partial charge in [-0.15, -0.1) is 11.6 Å². The SMILES string of the molecule is COc1cccc2c1nc(CCCl)n2C1CCC(C)C1C. The second-order valence-electron chi connectivity index (χ2n) is 6.15. The van der Waals surface area contributed by atoms with Crippen molar-refractivity contribution in [2.24, 2.45) is 11.8 Å². The number of hydrogen-bond acceptors (Lipinski definition) is 2. The molecule has 3 rings (SSSR count). The van der Waals surface area contributed by atoms with Crippen molar-refractivity contribution in [2.45, 2.75) is 39.2 Å². The highest BCUT2D eigenvalue weighted by molar-refractivity contribution is 6.17. The lowest BCUT2D eigenvalue weighted by Gasteiger charge is -2.22. The van der Waals surface area contributed by atoms with Crippen molar-refractivity contribution in [2.75, 3.05) is 13.0 Å². The quantitative estimate of drug-likeness (QED) is 0.781. The number of rotatable bonds is 4. The van der Waals surface area contributed by atoms with E-state index in [-0.39, 0.29) is 0 Å². The molecule has 1 heterocycles. The van der Waals surface area contributed by atoms with Gasteiger partial charge in [0, 0.05) is 18.3 Å².